The van der Waals surface area contributed by atoms with Crippen LogP contribution in [0.25, 0.3) is 0 Å². The highest BCUT2D eigenvalue weighted by molar-refractivity contribution is 8.22. The third kappa shape index (κ3) is 5.22. The summed E-state index contributed by atoms with van der Waals surface area (Å²) < 4.78 is 71.2. The molecule has 0 fully saturated rings. The van der Waals surface area contributed by atoms with E-state index >= 15 is 0 Å². The van der Waals surface area contributed by atoms with Crippen molar-refractivity contribution in [2.45, 2.75) is 43.7 Å². The SMILES string of the molecule is Cc1ccc(C(CC(=O)O)c2cc(F)c(F)c(F)c2)cc1CN1CC(C)Oc2ccccc2S1(O)O. The van der Waals surface area contributed by atoms with Gasteiger partial charge in [-0.3, -0.25) is 13.9 Å². The van der Waals surface area contributed by atoms with Crippen LogP contribution in [0.5, 0.6) is 5.75 Å². The Balaban J connectivity index is 1.73. The lowest BCUT2D eigenvalue weighted by molar-refractivity contribution is -0.137. The highest BCUT2D eigenvalue weighted by Crippen LogP contribution is 2.57. The molecule has 0 saturated carbocycles. The number of rotatable bonds is 6. The first kappa shape index (κ1) is 26.0. The molecule has 1 aliphatic rings. The number of nitrogens with zero attached hydrogens (tertiary/aromatic N) is 1. The fraction of sp³-hybridized carbons (Fsp3) is 0.269. The van der Waals surface area contributed by atoms with Gasteiger partial charge in [-0.15, -0.1) is 10.8 Å². The summed E-state index contributed by atoms with van der Waals surface area (Å²) in [5, 5.41) is 9.46. The number of benzene rings is 3. The molecule has 6 nitrogen and oxygen atoms in total. The molecular weight excluding hydrogens is 495 g/mol. The van der Waals surface area contributed by atoms with E-state index in [-0.39, 0.29) is 29.7 Å². The number of ether oxygens (including phenoxy) is 1. The lowest BCUT2D eigenvalue weighted by Crippen LogP contribution is -2.33. The van der Waals surface area contributed by atoms with Gasteiger partial charge in [0.15, 0.2) is 17.5 Å². The van der Waals surface area contributed by atoms with E-state index in [1.54, 1.807) is 42.5 Å². The number of carboxylic acids is 1. The molecule has 0 radical (unpaired) electrons. The van der Waals surface area contributed by atoms with Crippen LogP contribution in [0.3, 0.4) is 0 Å². The van der Waals surface area contributed by atoms with Gasteiger partial charge in [0, 0.05) is 12.5 Å². The largest absolute Gasteiger partial charge is 0.487 e. The summed E-state index contributed by atoms with van der Waals surface area (Å²) in [6, 6.07) is 13.4. The molecule has 2 unspecified atom stereocenters. The quantitative estimate of drug-likeness (QED) is 0.329. The van der Waals surface area contributed by atoms with E-state index in [0.29, 0.717) is 16.9 Å². The van der Waals surface area contributed by atoms with Gasteiger partial charge in [0.1, 0.15) is 16.7 Å². The smallest absolute Gasteiger partial charge is 0.304 e. The summed E-state index contributed by atoms with van der Waals surface area (Å²) in [4.78, 5) is 11.9. The Morgan fingerprint density at radius 3 is 2.42 bits per heavy atom. The molecule has 10 heteroatoms. The minimum Gasteiger partial charge on any atom is -0.487 e. The van der Waals surface area contributed by atoms with Gasteiger partial charge < -0.3 is 9.84 Å². The zero-order valence-corrected chi connectivity index (χ0v) is 20.4. The maximum absolute atomic E-state index is 14.0. The Labute approximate surface area is 208 Å². The molecule has 192 valence electrons. The average Bonchev–Trinajstić information content (AvgIpc) is 2.90. The molecule has 0 saturated heterocycles. The van der Waals surface area contributed by atoms with Crippen molar-refractivity contribution in [2.24, 2.45) is 0 Å². The van der Waals surface area contributed by atoms with Crippen LogP contribution in [-0.2, 0) is 11.3 Å². The number of halogens is 3. The second-order valence-corrected chi connectivity index (χ2v) is 10.8. The Kier molecular flexibility index (Phi) is 7.33. The Hall–Kier alpha value is -3.05. The van der Waals surface area contributed by atoms with Crippen molar-refractivity contribution in [3.05, 3.63) is 94.3 Å². The van der Waals surface area contributed by atoms with Crippen LogP contribution < -0.4 is 4.74 Å². The Morgan fingerprint density at radius 2 is 1.75 bits per heavy atom. The Bertz CT molecular complexity index is 1280. The molecule has 0 spiro atoms. The van der Waals surface area contributed by atoms with Crippen LogP contribution in [0.2, 0.25) is 0 Å². The summed E-state index contributed by atoms with van der Waals surface area (Å²) in [6.45, 7) is 3.93. The molecule has 1 aliphatic heterocycles. The molecule has 36 heavy (non-hydrogen) atoms. The van der Waals surface area contributed by atoms with Gasteiger partial charge in [-0.2, -0.15) is 4.31 Å². The van der Waals surface area contributed by atoms with E-state index in [1.807, 2.05) is 13.8 Å². The van der Waals surface area contributed by atoms with Crippen molar-refractivity contribution >= 4 is 16.7 Å². The normalized spacial score (nSPS) is 19.0. The predicted octanol–water partition coefficient (Wildman–Crippen LogP) is 6.33. The molecular formula is C26H26F3NO5S. The second-order valence-electron chi connectivity index (χ2n) is 8.85. The van der Waals surface area contributed by atoms with Crippen LogP contribution in [-0.4, -0.2) is 37.1 Å². The first-order valence-corrected chi connectivity index (χ1v) is 12.7. The first-order valence-electron chi connectivity index (χ1n) is 11.2. The first-order chi connectivity index (χ1) is 17.0. The van der Waals surface area contributed by atoms with Crippen molar-refractivity contribution in [2.75, 3.05) is 6.54 Å². The van der Waals surface area contributed by atoms with Gasteiger partial charge in [-0.05, 0) is 60.4 Å². The summed E-state index contributed by atoms with van der Waals surface area (Å²) in [5.74, 6) is -6.20. The molecule has 0 bridgehead atoms. The van der Waals surface area contributed by atoms with Crippen LogP contribution in [0, 0.1) is 24.4 Å². The maximum atomic E-state index is 14.0. The van der Waals surface area contributed by atoms with Gasteiger partial charge in [0.05, 0.1) is 13.0 Å². The van der Waals surface area contributed by atoms with Crippen LogP contribution in [0.4, 0.5) is 13.2 Å². The fourth-order valence-corrected chi connectivity index (χ4v) is 6.02. The van der Waals surface area contributed by atoms with Crippen molar-refractivity contribution in [1.29, 1.82) is 0 Å². The fourth-order valence-electron chi connectivity index (χ4n) is 4.36. The third-order valence-electron chi connectivity index (χ3n) is 6.20. The van der Waals surface area contributed by atoms with Gasteiger partial charge in [0.25, 0.3) is 0 Å². The summed E-state index contributed by atoms with van der Waals surface area (Å²) in [7, 11) is -3.41. The lowest BCUT2D eigenvalue weighted by Gasteiger charge is -2.42. The molecule has 2 atom stereocenters. The highest BCUT2D eigenvalue weighted by atomic mass is 32.3. The molecule has 3 aromatic carbocycles. The van der Waals surface area contributed by atoms with Gasteiger partial charge in [-0.25, -0.2) is 13.2 Å². The average molecular weight is 522 g/mol. The zero-order chi connectivity index (χ0) is 26.2. The number of carboxylic acid groups (broad SMARTS) is 1. The summed E-state index contributed by atoms with van der Waals surface area (Å²) in [6.07, 6.45) is -0.835. The molecule has 3 aromatic rings. The number of hydrogen-bond donors (Lipinski definition) is 3. The molecule has 0 amide bonds. The topological polar surface area (TPSA) is 90.2 Å². The maximum Gasteiger partial charge on any atom is 0.304 e. The predicted molar refractivity (Wildman–Crippen MR) is 130 cm³/mol. The number of aryl methyl sites for hydroxylation is 1. The van der Waals surface area contributed by atoms with Gasteiger partial charge in [-0.1, -0.05) is 30.3 Å². The van der Waals surface area contributed by atoms with Crippen LogP contribution in [0.15, 0.2) is 59.5 Å². The molecule has 0 aliphatic carbocycles. The minimum absolute atomic E-state index is 0.0152. The van der Waals surface area contributed by atoms with E-state index in [1.165, 1.54) is 4.31 Å². The van der Waals surface area contributed by atoms with Crippen molar-refractivity contribution in [1.82, 2.24) is 4.31 Å². The van der Waals surface area contributed by atoms with E-state index in [9.17, 15) is 32.2 Å². The van der Waals surface area contributed by atoms with Gasteiger partial charge >= 0.3 is 5.97 Å². The summed E-state index contributed by atoms with van der Waals surface area (Å²) >= 11 is 0. The van der Waals surface area contributed by atoms with E-state index in [4.69, 9.17) is 4.74 Å². The molecule has 0 aromatic heterocycles. The van der Waals surface area contributed by atoms with Crippen molar-refractivity contribution in [3.63, 3.8) is 0 Å². The number of aliphatic carboxylic acids is 1. The van der Waals surface area contributed by atoms with Crippen molar-refractivity contribution in [3.8, 4) is 5.75 Å². The molecule has 3 N–H and O–H groups in total. The van der Waals surface area contributed by atoms with Crippen LogP contribution >= 0.6 is 10.8 Å². The standard InChI is InChI=1S/C26H26F3NO5S/c1-15-7-8-17(20(12-25(31)32)18-10-21(27)26(29)22(28)11-18)9-19(15)14-30-13-16(2)35-23-5-3-4-6-24(23)36(30,33)34/h3-11,16,20,33-34H,12-14H2,1-2H3,(H,31,32). The second kappa shape index (κ2) is 10.1. The Morgan fingerprint density at radius 1 is 1.08 bits per heavy atom. The summed E-state index contributed by atoms with van der Waals surface area (Å²) in [5.41, 5.74) is 1.89. The third-order valence-corrected chi connectivity index (χ3v) is 8.13. The minimum atomic E-state index is -3.41. The monoisotopic (exact) mass is 521 g/mol. The van der Waals surface area contributed by atoms with E-state index in [0.717, 1.165) is 17.7 Å². The molecule has 4 rings (SSSR count). The van der Waals surface area contributed by atoms with E-state index in [2.05, 4.69) is 0 Å². The highest BCUT2D eigenvalue weighted by Gasteiger charge is 2.34. The van der Waals surface area contributed by atoms with Gasteiger partial charge in [0.2, 0.25) is 0 Å². The van der Waals surface area contributed by atoms with E-state index < -0.39 is 46.5 Å². The number of para-hydroxylation sites is 1. The number of fused-ring (bicyclic) bond motifs is 1. The van der Waals surface area contributed by atoms with Crippen molar-refractivity contribution < 1.29 is 36.9 Å². The van der Waals surface area contributed by atoms with Crippen LogP contribution in [0.1, 0.15) is 41.5 Å². The number of carbonyl (C=O) groups is 1. The lowest BCUT2D eigenvalue weighted by atomic mass is 9.86. The zero-order valence-electron chi connectivity index (χ0n) is 19.6. The number of hydrogen-bond acceptors (Lipinski definition) is 5. The molecule has 1 heterocycles.